The topological polar surface area (TPSA) is 26.3 Å². The van der Waals surface area contributed by atoms with Gasteiger partial charge in [0.05, 0.1) is 12.5 Å². The molecule has 0 aromatic heterocycles. The zero-order valence-electron chi connectivity index (χ0n) is 14.0. The first-order chi connectivity index (χ1) is 11.8. The molecule has 2 heteroatoms. The molecule has 123 valence electrons. The van der Waals surface area contributed by atoms with Gasteiger partial charge in [-0.05, 0) is 49.1 Å². The van der Waals surface area contributed by atoms with Crippen LogP contribution in [0.1, 0.15) is 30.9 Å². The molecule has 0 aliphatic heterocycles. The first-order valence-electron chi connectivity index (χ1n) is 8.88. The van der Waals surface area contributed by atoms with Crippen LogP contribution >= 0.6 is 0 Å². The summed E-state index contributed by atoms with van der Waals surface area (Å²) in [5.74, 6) is 0.967. The summed E-state index contributed by atoms with van der Waals surface area (Å²) in [7, 11) is 0. The van der Waals surface area contributed by atoms with Gasteiger partial charge in [0.1, 0.15) is 0 Å². The summed E-state index contributed by atoms with van der Waals surface area (Å²) in [6.45, 7) is 2.35. The molecule has 2 fully saturated rings. The average molecular weight is 319 g/mol. The zero-order valence-corrected chi connectivity index (χ0v) is 14.0. The fourth-order valence-corrected chi connectivity index (χ4v) is 4.07. The smallest absolute Gasteiger partial charge is 0.309 e. The zero-order chi connectivity index (χ0) is 16.6. The van der Waals surface area contributed by atoms with Gasteiger partial charge in [0.15, 0.2) is 0 Å². The van der Waals surface area contributed by atoms with E-state index in [-0.39, 0.29) is 17.3 Å². The van der Waals surface area contributed by atoms with Gasteiger partial charge in [-0.25, -0.2) is 0 Å². The highest BCUT2D eigenvalue weighted by atomic mass is 16.5. The Labute approximate surface area is 143 Å². The molecule has 0 heterocycles. The summed E-state index contributed by atoms with van der Waals surface area (Å²) in [6, 6.07) is 21.5. The predicted octanol–water partition coefficient (Wildman–Crippen LogP) is 4.40. The Balaban J connectivity index is 1.53. The van der Waals surface area contributed by atoms with E-state index >= 15 is 0 Å². The third-order valence-electron chi connectivity index (χ3n) is 5.50. The number of hydrogen-bond donors (Lipinski definition) is 0. The normalized spacial score (nSPS) is 26.6. The Morgan fingerprint density at radius 3 is 2.21 bits per heavy atom. The minimum absolute atomic E-state index is 0.0237. The molecule has 1 radical (unpaired) electrons. The number of benzene rings is 2. The Bertz CT molecular complexity index is 668. The van der Waals surface area contributed by atoms with E-state index in [9.17, 15) is 4.79 Å². The molecule has 4 rings (SSSR count). The van der Waals surface area contributed by atoms with Crippen molar-refractivity contribution in [2.24, 2.45) is 17.8 Å². The third-order valence-corrected chi connectivity index (χ3v) is 5.50. The Morgan fingerprint density at radius 2 is 1.67 bits per heavy atom. The van der Waals surface area contributed by atoms with Crippen LogP contribution in [0.4, 0.5) is 0 Å². The highest BCUT2D eigenvalue weighted by Crippen LogP contribution is 2.63. The SMILES string of the molecule is CCOC(=O)C1CC1[CH]C1CC1(c1ccccc1)c1ccccc1. The summed E-state index contributed by atoms with van der Waals surface area (Å²) in [5.41, 5.74) is 2.85. The van der Waals surface area contributed by atoms with Crippen LogP contribution in [0, 0.1) is 24.2 Å². The van der Waals surface area contributed by atoms with Gasteiger partial charge >= 0.3 is 5.97 Å². The van der Waals surface area contributed by atoms with Gasteiger partial charge in [0.2, 0.25) is 0 Å². The van der Waals surface area contributed by atoms with Gasteiger partial charge in [-0.2, -0.15) is 0 Å². The molecule has 24 heavy (non-hydrogen) atoms. The second-order valence-electron chi connectivity index (χ2n) is 6.96. The van der Waals surface area contributed by atoms with E-state index in [4.69, 9.17) is 4.74 Å². The molecule has 2 saturated carbocycles. The van der Waals surface area contributed by atoms with Crippen molar-refractivity contribution in [1.82, 2.24) is 0 Å². The quantitative estimate of drug-likeness (QED) is 0.738. The van der Waals surface area contributed by atoms with Gasteiger partial charge < -0.3 is 4.74 Å². The molecule has 0 bridgehead atoms. The summed E-state index contributed by atoms with van der Waals surface area (Å²) >= 11 is 0. The lowest BCUT2D eigenvalue weighted by Gasteiger charge is -2.19. The number of ether oxygens (including phenoxy) is 1. The second-order valence-corrected chi connectivity index (χ2v) is 6.96. The maximum Gasteiger partial charge on any atom is 0.309 e. The van der Waals surface area contributed by atoms with Crippen molar-refractivity contribution in [2.45, 2.75) is 25.2 Å². The molecule has 2 aromatic carbocycles. The molecular weight excluding hydrogens is 296 g/mol. The fourth-order valence-electron chi connectivity index (χ4n) is 4.07. The second kappa shape index (κ2) is 6.08. The van der Waals surface area contributed by atoms with E-state index in [1.807, 2.05) is 6.92 Å². The molecule has 0 amide bonds. The summed E-state index contributed by atoms with van der Waals surface area (Å²) in [6.07, 6.45) is 4.50. The first-order valence-corrected chi connectivity index (χ1v) is 8.88. The van der Waals surface area contributed by atoms with Crippen LogP contribution in [-0.2, 0) is 14.9 Å². The number of esters is 1. The van der Waals surface area contributed by atoms with Crippen molar-refractivity contribution in [1.29, 1.82) is 0 Å². The van der Waals surface area contributed by atoms with Gasteiger partial charge in [0, 0.05) is 5.41 Å². The summed E-state index contributed by atoms with van der Waals surface area (Å²) in [5, 5.41) is 0. The van der Waals surface area contributed by atoms with Gasteiger partial charge in [-0.1, -0.05) is 60.7 Å². The largest absolute Gasteiger partial charge is 0.466 e. The van der Waals surface area contributed by atoms with Crippen molar-refractivity contribution in [3.63, 3.8) is 0 Å². The van der Waals surface area contributed by atoms with Crippen LogP contribution in [0.3, 0.4) is 0 Å². The lowest BCUT2D eigenvalue weighted by atomic mass is 9.84. The number of rotatable bonds is 6. The van der Waals surface area contributed by atoms with E-state index in [1.165, 1.54) is 11.1 Å². The van der Waals surface area contributed by atoms with E-state index in [0.717, 1.165) is 12.8 Å². The molecule has 0 saturated heterocycles. The van der Waals surface area contributed by atoms with Crippen LogP contribution in [0.25, 0.3) is 0 Å². The minimum atomic E-state index is -0.0237. The molecule has 3 unspecified atom stereocenters. The van der Waals surface area contributed by atoms with Gasteiger partial charge in [-0.3, -0.25) is 4.79 Å². The van der Waals surface area contributed by atoms with Crippen LogP contribution in [0.5, 0.6) is 0 Å². The van der Waals surface area contributed by atoms with Crippen LogP contribution in [-0.4, -0.2) is 12.6 Å². The molecule has 2 aliphatic carbocycles. The molecule has 3 atom stereocenters. The van der Waals surface area contributed by atoms with Crippen molar-refractivity contribution < 1.29 is 9.53 Å². The molecule has 2 nitrogen and oxygen atoms in total. The van der Waals surface area contributed by atoms with Crippen molar-refractivity contribution in [2.75, 3.05) is 6.61 Å². The highest BCUT2D eigenvalue weighted by molar-refractivity contribution is 5.76. The van der Waals surface area contributed by atoms with Crippen LogP contribution in [0.15, 0.2) is 60.7 Å². The third kappa shape index (κ3) is 2.64. The first kappa shape index (κ1) is 15.4. The van der Waals surface area contributed by atoms with Crippen LogP contribution < -0.4 is 0 Å². The molecule has 0 spiro atoms. The Kier molecular flexibility index (Phi) is 3.91. The van der Waals surface area contributed by atoms with Crippen molar-refractivity contribution in [3.8, 4) is 0 Å². The summed E-state index contributed by atoms with van der Waals surface area (Å²) < 4.78 is 5.16. The van der Waals surface area contributed by atoms with Crippen molar-refractivity contribution in [3.05, 3.63) is 78.2 Å². The molecule has 2 aliphatic rings. The lowest BCUT2D eigenvalue weighted by molar-refractivity contribution is -0.144. The molecule has 2 aromatic rings. The maximum absolute atomic E-state index is 11.9. The van der Waals surface area contributed by atoms with E-state index in [1.54, 1.807) is 0 Å². The van der Waals surface area contributed by atoms with Crippen molar-refractivity contribution >= 4 is 5.97 Å². The standard InChI is InChI=1S/C22H23O2/c1-2-24-21(23)20-14-16(20)13-19-15-22(19,17-9-5-3-6-10-17)18-11-7-4-8-12-18/h3-13,16,19-20H,2,14-15H2,1H3. The predicted molar refractivity (Wildman–Crippen MR) is 94.3 cm³/mol. The fraction of sp³-hybridized carbons (Fsp3) is 0.364. The average Bonchev–Trinajstić information content (AvgIpc) is 3.54. The maximum atomic E-state index is 11.9. The highest BCUT2D eigenvalue weighted by Gasteiger charge is 2.59. The summed E-state index contributed by atoms with van der Waals surface area (Å²) in [4.78, 5) is 11.9. The Morgan fingerprint density at radius 1 is 1.08 bits per heavy atom. The number of hydrogen-bond acceptors (Lipinski definition) is 2. The van der Waals surface area contributed by atoms with Gasteiger partial charge in [0.25, 0.3) is 0 Å². The minimum Gasteiger partial charge on any atom is -0.466 e. The monoisotopic (exact) mass is 319 g/mol. The van der Waals surface area contributed by atoms with E-state index in [2.05, 4.69) is 67.1 Å². The number of carbonyl (C=O) groups excluding carboxylic acids is 1. The van der Waals surface area contributed by atoms with E-state index < -0.39 is 0 Å². The van der Waals surface area contributed by atoms with E-state index in [0.29, 0.717) is 18.4 Å². The molecule has 0 N–H and O–H groups in total. The Hall–Kier alpha value is -2.09. The number of carbonyl (C=O) groups is 1. The van der Waals surface area contributed by atoms with Gasteiger partial charge in [-0.15, -0.1) is 0 Å². The molecular formula is C22H23O2. The lowest BCUT2D eigenvalue weighted by Crippen LogP contribution is -2.14. The van der Waals surface area contributed by atoms with Crippen LogP contribution in [0.2, 0.25) is 0 Å².